The average Bonchev–Trinajstić information content (AvgIpc) is 2.96. The van der Waals surface area contributed by atoms with Crippen LogP contribution in [0.2, 0.25) is 0 Å². The molecule has 0 unspecified atom stereocenters. The Bertz CT molecular complexity index is 700. The first-order valence-electron chi connectivity index (χ1n) is 10.4. The summed E-state index contributed by atoms with van der Waals surface area (Å²) in [5.41, 5.74) is 0. The van der Waals surface area contributed by atoms with Crippen LogP contribution in [0, 0.1) is 11.8 Å². The highest BCUT2D eigenvalue weighted by Crippen LogP contribution is 2.29. The van der Waals surface area contributed by atoms with Crippen LogP contribution < -0.4 is 0 Å². The standard InChI is InChI=1S/C22H33N3OS/c1-23-7-4-8-24(10-9-23)13-18-11-19(17-26)15-25(14-18)16-21-12-20-5-2-3-6-22(20)27-21/h2-3,5-6,12,18-19,26H,4,7-11,13-17H2,1H3/t18-,19+/m1/s1. The Morgan fingerprint density at radius 2 is 1.89 bits per heavy atom. The van der Waals surface area contributed by atoms with Gasteiger partial charge in [-0.2, -0.15) is 0 Å². The van der Waals surface area contributed by atoms with E-state index in [2.05, 4.69) is 52.1 Å². The molecule has 2 fully saturated rings. The highest BCUT2D eigenvalue weighted by atomic mass is 32.1. The number of rotatable bonds is 5. The topological polar surface area (TPSA) is 30.0 Å². The lowest BCUT2D eigenvalue weighted by molar-refractivity contribution is 0.0633. The summed E-state index contributed by atoms with van der Waals surface area (Å²) in [6, 6.07) is 11.0. The third kappa shape index (κ3) is 5.09. The number of hydrogen-bond donors (Lipinski definition) is 1. The minimum atomic E-state index is 0.322. The van der Waals surface area contributed by atoms with E-state index in [1.165, 1.54) is 60.5 Å². The number of piperidine rings is 1. The van der Waals surface area contributed by atoms with E-state index in [-0.39, 0.29) is 0 Å². The third-order valence-corrected chi connectivity index (χ3v) is 7.24. The van der Waals surface area contributed by atoms with E-state index in [1.54, 1.807) is 0 Å². The van der Waals surface area contributed by atoms with Gasteiger partial charge >= 0.3 is 0 Å². The van der Waals surface area contributed by atoms with E-state index in [1.807, 2.05) is 11.3 Å². The summed E-state index contributed by atoms with van der Waals surface area (Å²) >= 11 is 1.92. The first-order chi connectivity index (χ1) is 13.2. The van der Waals surface area contributed by atoms with Crippen LogP contribution in [0.1, 0.15) is 17.7 Å². The van der Waals surface area contributed by atoms with Crippen molar-refractivity contribution in [3.63, 3.8) is 0 Å². The van der Waals surface area contributed by atoms with Gasteiger partial charge in [-0.15, -0.1) is 11.3 Å². The summed E-state index contributed by atoms with van der Waals surface area (Å²) in [5, 5.41) is 11.2. The molecule has 2 aromatic rings. The van der Waals surface area contributed by atoms with E-state index in [0.29, 0.717) is 18.4 Å². The number of likely N-dealkylation sites (N-methyl/N-ethyl adjacent to an activating group) is 1. The summed E-state index contributed by atoms with van der Waals surface area (Å²) < 4.78 is 1.38. The molecule has 2 atom stereocenters. The molecule has 5 heteroatoms. The number of hydrogen-bond acceptors (Lipinski definition) is 5. The third-order valence-electron chi connectivity index (χ3n) is 6.14. The molecule has 1 aromatic carbocycles. The number of fused-ring (bicyclic) bond motifs is 1. The highest BCUT2D eigenvalue weighted by molar-refractivity contribution is 7.19. The largest absolute Gasteiger partial charge is 0.396 e. The molecule has 2 saturated heterocycles. The van der Waals surface area contributed by atoms with Crippen molar-refractivity contribution in [2.24, 2.45) is 11.8 Å². The van der Waals surface area contributed by atoms with Crippen LogP contribution in [-0.2, 0) is 6.54 Å². The molecule has 3 heterocycles. The molecular weight excluding hydrogens is 354 g/mol. The average molecular weight is 388 g/mol. The molecule has 0 saturated carbocycles. The zero-order valence-electron chi connectivity index (χ0n) is 16.5. The van der Waals surface area contributed by atoms with Crippen LogP contribution in [0.25, 0.3) is 10.1 Å². The second-order valence-electron chi connectivity index (χ2n) is 8.55. The Labute approximate surface area is 167 Å². The molecule has 1 N–H and O–H groups in total. The second-order valence-corrected chi connectivity index (χ2v) is 9.72. The van der Waals surface area contributed by atoms with Gasteiger partial charge in [0.25, 0.3) is 0 Å². The maximum Gasteiger partial charge on any atom is 0.0471 e. The number of likely N-dealkylation sites (tertiary alicyclic amines) is 1. The van der Waals surface area contributed by atoms with Crippen LogP contribution in [0.5, 0.6) is 0 Å². The van der Waals surface area contributed by atoms with Gasteiger partial charge in [-0.05, 0) is 62.3 Å². The molecule has 2 aliphatic heterocycles. The van der Waals surface area contributed by atoms with Gasteiger partial charge in [0.15, 0.2) is 0 Å². The maximum atomic E-state index is 9.85. The molecule has 27 heavy (non-hydrogen) atoms. The summed E-state index contributed by atoms with van der Waals surface area (Å²) in [4.78, 5) is 9.14. The van der Waals surface area contributed by atoms with Crippen LogP contribution >= 0.6 is 11.3 Å². The smallest absolute Gasteiger partial charge is 0.0471 e. The van der Waals surface area contributed by atoms with Gasteiger partial charge in [-0.3, -0.25) is 4.90 Å². The van der Waals surface area contributed by atoms with Crippen molar-refractivity contribution in [2.45, 2.75) is 19.4 Å². The van der Waals surface area contributed by atoms with Crippen molar-refractivity contribution < 1.29 is 5.11 Å². The normalized spacial score (nSPS) is 26.4. The molecule has 4 nitrogen and oxygen atoms in total. The van der Waals surface area contributed by atoms with Crippen molar-refractivity contribution in [3.8, 4) is 0 Å². The second kappa shape index (κ2) is 9.01. The Hall–Kier alpha value is -0.980. The maximum absolute atomic E-state index is 9.85. The highest BCUT2D eigenvalue weighted by Gasteiger charge is 2.28. The van der Waals surface area contributed by atoms with Gasteiger partial charge in [-0.25, -0.2) is 0 Å². The minimum Gasteiger partial charge on any atom is -0.396 e. The fraction of sp³-hybridized carbons (Fsp3) is 0.636. The first-order valence-corrected chi connectivity index (χ1v) is 11.2. The molecule has 1 aromatic heterocycles. The Balaban J connectivity index is 1.39. The Morgan fingerprint density at radius 3 is 2.74 bits per heavy atom. The zero-order chi connectivity index (χ0) is 18.6. The van der Waals surface area contributed by atoms with Crippen LogP contribution in [-0.4, -0.2) is 79.3 Å². The van der Waals surface area contributed by atoms with Crippen LogP contribution in [0.3, 0.4) is 0 Å². The molecule has 4 rings (SSSR count). The zero-order valence-corrected chi connectivity index (χ0v) is 17.3. The number of benzene rings is 1. The minimum absolute atomic E-state index is 0.322. The van der Waals surface area contributed by atoms with Gasteiger partial charge in [0.2, 0.25) is 0 Å². The van der Waals surface area contributed by atoms with E-state index < -0.39 is 0 Å². The van der Waals surface area contributed by atoms with Crippen molar-refractivity contribution in [1.82, 2.24) is 14.7 Å². The van der Waals surface area contributed by atoms with E-state index >= 15 is 0 Å². The number of thiophene rings is 1. The SMILES string of the molecule is CN1CCCN(C[C@H]2C[C@H](CO)CN(Cc3cc4ccccc4s3)C2)CC1. The molecule has 0 spiro atoms. The monoisotopic (exact) mass is 387 g/mol. The molecular formula is C22H33N3OS. The molecule has 2 aliphatic rings. The summed E-state index contributed by atoms with van der Waals surface area (Å²) in [6.07, 6.45) is 2.45. The molecule has 0 bridgehead atoms. The van der Waals surface area contributed by atoms with Gasteiger partial charge in [0, 0.05) is 55.5 Å². The Kier molecular flexibility index (Phi) is 6.46. The fourth-order valence-electron chi connectivity index (χ4n) is 4.80. The lowest BCUT2D eigenvalue weighted by atomic mass is 9.89. The lowest BCUT2D eigenvalue weighted by Gasteiger charge is -2.39. The van der Waals surface area contributed by atoms with Crippen molar-refractivity contribution in [3.05, 3.63) is 35.2 Å². The van der Waals surface area contributed by atoms with Gasteiger partial charge in [-0.1, -0.05) is 18.2 Å². The quantitative estimate of drug-likeness (QED) is 0.854. The summed E-state index contributed by atoms with van der Waals surface area (Å²) in [5.74, 6) is 1.10. The first kappa shape index (κ1) is 19.3. The van der Waals surface area contributed by atoms with Crippen LogP contribution in [0.15, 0.2) is 30.3 Å². The summed E-state index contributed by atoms with van der Waals surface area (Å²) in [6.45, 7) is 9.54. The molecule has 0 amide bonds. The predicted molar refractivity (Wildman–Crippen MR) is 114 cm³/mol. The van der Waals surface area contributed by atoms with E-state index in [9.17, 15) is 5.11 Å². The van der Waals surface area contributed by atoms with Crippen molar-refractivity contribution >= 4 is 21.4 Å². The van der Waals surface area contributed by atoms with Gasteiger partial charge in [0.1, 0.15) is 0 Å². The Morgan fingerprint density at radius 1 is 1.04 bits per heavy atom. The predicted octanol–water partition coefficient (Wildman–Crippen LogP) is 2.97. The number of aliphatic hydroxyl groups is 1. The molecule has 0 aliphatic carbocycles. The van der Waals surface area contributed by atoms with Crippen molar-refractivity contribution in [1.29, 1.82) is 0 Å². The van der Waals surface area contributed by atoms with E-state index in [4.69, 9.17) is 0 Å². The van der Waals surface area contributed by atoms with Gasteiger partial charge < -0.3 is 14.9 Å². The molecule has 0 radical (unpaired) electrons. The summed E-state index contributed by atoms with van der Waals surface area (Å²) in [7, 11) is 2.23. The number of nitrogens with zero attached hydrogens (tertiary/aromatic N) is 3. The van der Waals surface area contributed by atoms with Crippen LogP contribution in [0.4, 0.5) is 0 Å². The fourth-order valence-corrected chi connectivity index (χ4v) is 5.91. The number of aliphatic hydroxyl groups excluding tert-OH is 1. The van der Waals surface area contributed by atoms with Crippen molar-refractivity contribution in [2.75, 3.05) is 59.5 Å². The van der Waals surface area contributed by atoms with Gasteiger partial charge in [0.05, 0.1) is 0 Å². The lowest BCUT2D eigenvalue weighted by Crippen LogP contribution is -2.45. The van der Waals surface area contributed by atoms with E-state index in [0.717, 1.165) is 19.6 Å². The molecule has 148 valence electrons.